The summed E-state index contributed by atoms with van der Waals surface area (Å²) in [5.74, 6) is -1.05. The Labute approximate surface area is 158 Å². The molecule has 0 saturated heterocycles. The number of hydrogen-bond donors (Lipinski definition) is 3. The minimum Gasteiger partial charge on any atom is -0.507 e. The van der Waals surface area contributed by atoms with E-state index in [9.17, 15) is 14.7 Å². The molecule has 0 radical (unpaired) electrons. The molecular weight excluding hydrogens is 410 g/mol. The van der Waals surface area contributed by atoms with Gasteiger partial charge in [-0.2, -0.15) is 5.10 Å². The maximum Gasteiger partial charge on any atom is 0.249 e. The van der Waals surface area contributed by atoms with Crippen molar-refractivity contribution in [2.45, 2.75) is 13.3 Å². The van der Waals surface area contributed by atoms with Gasteiger partial charge in [-0.15, -0.1) is 0 Å². The molecule has 0 fully saturated rings. The number of phenolic OH excluding ortho intramolecular Hbond substituents is 1. The van der Waals surface area contributed by atoms with Crippen LogP contribution in [0.15, 0.2) is 46.0 Å². The zero-order chi connectivity index (χ0) is 18.4. The summed E-state index contributed by atoms with van der Waals surface area (Å²) in [6, 6.07) is 9.89. The third kappa shape index (κ3) is 5.88. The average molecular weight is 425 g/mol. The molecule has 2 aromatic rings. The first kappa shape index (κ1) is 19.0. The molecule has 0 aromatic heterocycles. The molecule has 25 heavy (non-hydrogen) atoms. The second-order valence-electron chi connectivity index (χ2n) is 5.19. The van der Waals surface area contributed by atoms with Gasteiger partial charge in [-0.05, 0) is 42.8 Å². The number of halogens is 2. The maximum atomic E-state index is 11.8. The van der Waals surface area contributed by atoms with Crippen LogP contribution < -0.4 is 10.7 Å². The Hall–Kier alpha value is -2.38. The van der Waals surface area contributed by atoms with Crippen LogP contribution in [0.1, 0.15) is 17.5 Å². The van der Waals surface area contributed by atoms with Crippen LogP contribution in [-0.4, -0.2) is 23.1 Å². The fourth-order valence-electron chi connectivity index (χ4n) is 1.86. The smallest absolute Gasteiger partial charge is 0.249 e. The summed E-state index contributed by atoms with van der Waals surface area (Å²) in [7, 11) is 0. The van der Waals surface area contributed by atoms with Crippen molar-refractivity contribution in [2.75, 3.05) is 5.32 Å². The number of carbonyl (C=O) groups is 2. The lowest BCUT2D eigenvalue weighted by atomic mass is 10.2. The van der Waals surface area contributed by atoms with Crippen LogP contribution in [0.2, 0.25) is 5.02 Å². The lowest BCUT2D eigenvalue weighted by Crippen LogP contribution is -2.24. The van der Waals surface area contributed by atoms with Gasteiger partial charge in [-0.1, -0.05) is 33.6 Å². The number of nitrogens with zero attached hydrogens (tertiary/aromatic N) is 1. The molecule has 0 atom stereocenters. The highest BCUT2D eigenvalue weighted by Gasteiger charge is 2.09. The standard InChI is InChI=1S/C17H15BrClN3O3/c1-10-2-4-13(7-14(10)19)21-16(24)8-17(25)22-20-9-11-6-12(18)3-5-15(11)23/h2-7,9,23H,8H2,1H3,(H,21,24)(H,22,25)/b20-9+. The molecule has 0 aliphatic rings. The van der Waals surface area contributed by atoms with Gasteiger partial charge in [0.2, 0.25) is 11.8 Å². The number of aryl methyl sites for hydroxylation is 1. The van der Waals surface area contributed by atoms with Gasteiger partial charge < -0.3 is 10.4 Å². The van der Waals surface area contributed by atoms with Gasteiger partial charge in [0, 0.05) is 20.7 Å². The number of benzene rings is 2. The molecule has 6 nitrogen and oxygen atoms in total. The summed E-state index contributed by atoms with van der Waals surface area (Å²) in [5, 5.41) is 16.5. The largest absolute Gasteiger partial charge is 0.507 e. The molecule has 0 spiro atoms. The summed E-state index contributed by atoms with van der Waals surface area (Å²) in [6.45, 7) is 1.85. The lowest BCUT2D eigenvalue weighted by Gasteiger charge is -2.06. The van der Waals surface area contributed by atoms with Crippen molar-refractivity contribution in [3.05, 3.63) is 57.0 Å². The fourth-order valence-corrected chi connectivity index (χ4v) is 2.42. The normalized spacial score (nSPS) is 10.7. The quantitative estimate of drug-likeness (QED) is 0.389. The van der Waals surface area contributed by atoms with Crippen molar-refractivity contribution >= 4 is 51.2 Å². The molecule has 0 aliphatic carbocycles. The molecule has 0 heterocycles. The Balaban J connectivity index is 1.87. The minimum absolute atomic E-state index is 0.0233. The Kier molecular flexibility index (Phi) is 6.55. The number of nitrogens with one attached hydrogen (secondary N) is 2. The molecule has 2 amide bonds. The zero-order valence-corrected chi connectivity index (χ0v) is 15.6. The Morgan fingerprint density at radius 3 is 2.72 bits per heavy atom. The van der Waals surface area contributed by atoms with Crippen LogP contribution in [0.3, 0.4) is 0 Å². The van der Waals surface area contributed by atoms with E-state index < -0.39 is 18.2 Å². The van der Waals surface area contributed by atoms with E-state index in [4.69, 9.17) is 11.6 Å². The van der Waals surface area contributed by atoms with Crippen LogP contribution in [0.25, 0.3) is 0 Å². The van der Waals surface area contributed by atoms with Gasteiger partial charge >= 0.3 is 0 Å². The maximum absolute atomic E-state index is 11.8. The van der Waals surface area contributed by atoms with Crippen molar-refractivity contribution in [1.29, 1.82) is 0 Å². The van der Waals surface area contributed by atoms with Gasteiger partial charge in [-0.3, -0.25) is 9.59 Å². The number of rotatable bonds is 5. The second kappa shape index (κ2) is 8.64. The highest BCUT2D eigenvalue weighted by atomic mass is 79.9. The molecular formula is C17H15BrClN3O3. The molecule has 130 valence electrons. The summed E-state index contributed by atoms with van der Waals surface area (Å²) in [6.07, 6.45) is 0.892. The molecule has 0 saturated carbocycles. The van der Waals surface area contributed by atoms with Gasteiger partial charge in [0.1, 0.15) is 12.2 Å². The SMILES string of the molecule is Cc1ccc(NC(=O)CC(=O)N/N=C/c2cc(Br)ccc2O)cc1Cl. The van der Waals surface area contributed by atoms with Gasteiger partial charge in [0.15, 0.2) is 0 Å². The number of phenols is 1. The van der Waals surface area contributed by atoms with E-state index in [0.29, 0.717) is 16.3 Å². The monoisotopic (exact) mass is 423 g/mol. The molecule has 0 bridgehead atoms. The predicted molar refractivity (Wildman–Crippen MR) is 101 cm³/mol. The molecule has 2 rings (SSSR count). The minimum atomic E-state index is -0.582. The Bertz CT molecular complexity index is 840. The molecule has 8 heteroatoms. The number of hydrazone groups is 1. The van der Waals surface area contributed by atoms with Gasteiger partial charge in [0.05, 0.1) is 6.21 Å². The summed E-state index contributed by atoms with van der Waals surface area (Å²) in [5.41, 5.74) is 4.06. The van der Waals surface area contributed by atoms with E-state index in [2.05, 4.69) is 31.8 Å². The Morgan fingerprint density at radius 1 is 1.24 bits per heavy atom. The molecule has 3 N–H and O–H groups in total. The topological polar surface area (TPSA) is 90.8 Å². The molecule has 0 aliphatic heterocycles. The third-order valence-electron chi connectivity index (χ3n) is 3.16. The first-order valence-electron chi connectivity index (χ1n) is 7.21. The van der Waals surface area contributed by atoms with E-state index in [0.717, 1.165) is 10.0 Å². The summed E-state index contributed by atoms with van der Waals surface area (Å²) >= 11 is 9.25. The van der Waals surface area contributed by atoms with Crippen molar-refractivity contribution < 1.29 is 14.7 Å². The predicted octanol–water partition coefficient (Wildman–Crippen LogP) is 3.60. The molecule has 2 aromatic carbocycles. The van der Waals surface area contributed by atoms with Crippen LogP contribution in [0.5, 0.6) is 5.75 Å². The van der Waals surface area contributed by atoms with Crippen molar-refractivity contribution in [3.8, 4) is 5.75 Å². The first-order chi connectivity index (χ1) is 11.8. The van der Waals surface area contributed by atoms with Crippen LogP contribution in [-0.2, 0) is 9.59 Å². The average Bonchev–Trinajstić information content (AvgIpc) is 2.54. The summed E-state index contributed by atoms with van der Waals surface area (Å²) in [4.78, 5) is 23.6. The van der Waals surface area contributed by atoms with Gasteiger partial charge in [0.25, 0.3) is 0 Å². The van der Waals surface area contributed by atoms with Crippen LogP contribution >= 0.6 is 27.5 Å². The Morgan fingerprint density at radius 2 is 2.00 bits per heavy atom. The third-order valence-corrected chi connectivity index (χ3v) is 4.06. The van der Waals surface area contributed by atoms with E-state index in [1.807, 2.05) is 6.92 Å². The van der Waals surface area contributed by atoms with Crippen LogP contribution in [0.4, 0.5) is 5.69 Å². The highest BCUT2D eigenvalue weighted by molar-refractivity contribution is 9.10. The summed E-state index contributed by atoms with van der Waals surface area (Å²) < 4.78 is 0.759. The van der Waals surface area contributed by atoms with E-state index in [1.54, 1.807) is 30.3 Å². The molecule has 0 unspecified atom stereocenters. The number of aromatic hydroxyl groups is 1. The van der Waals surface area contributed by atoms with E-state index in [-0.39, 0.29) is 5.75 Å². The van der Waals surface area contributed by atoms with Crippen LogP contribution in [0, 0.1) is 6.92 Å². The van der Waals surface area contributed by atoms with Crippen molar-refractivity contribution in [3.63, 3.8) is 0 Å². The lowest BCUT2D eigenvalue weighted by molar-refractivity contribution is -0.126. The van der Waals surface area contributed by atoms with E-state index in [1.165, 1.54) is 12.3 Å². The first-order valence-corrected chi connectivity index (χ1v) is 8.38. The highest BCUT2D eigenvalue weighted by Crippen LogP contribution is 2.20. The number of anilines is 1. The van der Waals surface area contributed by atoms with Gasteiger partial charge in [-0.25, -0.2) is 5.43 Å². The zero-order valence-electron chi connectivity index (χ0n) is 13.2. The number of carbonyl (C=O) groups excluding carboxylic acids is 2. The number of hydrogen-bond acceptors (Lipinski definition) is 4. The van der Waals surface area contributed by atoms with E-state index >= 15 is 0 Å². The van der Waals surface area contributed by atoms with Crippen molar-refractivity contribution in [1.82, 2.24) is 5.43 Å². The number of amides is 2. The fraction of sp³-hybridized carbons (Fsp3) is 0.118. The second-order valence-corrected chi connectivity index (χ2v) is 6.51. The van der Waals surface area contributed by atoms with Crippen molar-refractivity contribution in [2.24, 2.45) is 5.10 Å².